The van der Waals surface area contributed by atoms with Crippen LogP contribution in [0.1, 0.15) is 0 Å². The van der Waals surface area contributed by atoms with Gasteiger partial charge >= 0.3 is 0 Å². The fourth-order valence-electron chi connectivity index (χ4n) is 7.39. The Morgan fingerprint density at radius 2 is 0.843 bits per heavy atom. The molecule has 51 heavy (non-hydrogen) atoms. The summed E-state index contributed by atoms with van der Waals surface area (Å²) in [5, 5.41) is 6.21. The summed E-state index contributed by atoms with van der Waals surface area (Å²) in [4.78, 5) is 14.9. The Labute approximate surface area is 290 Å². The molecule has 0 saturated heterocycles. The van der Waals surface area contributed by atoms with Crippen molar-refractivity contribution in [1.82, 2.24) is 15.0 Å². The van der Waals surface area contributed by atoms with Gasteiger partial charge in [0.1, 0.15) is 33.5 Å². The number of rotatable bonds is 4. The highest BCUT2D eigenvalue weighted by atomic mass is 16.3. The van der Waals surface area contributed by atoms with Gasteiger partial charge in [0.15, 0.2) is 17.5 Å². The molecule has 4 aromatic heterocycles. The van der Waals surface area contributed by atoms with Gasteiger partial charge in [0.2, 0.25) is 0 Å². The summed E-state index contributed by atoms with van der Waals surface area (Å²) in [6, 6.07) is 51.1. The van der Waals surface area contributed by atoms with E-state index in [0.29, 0.717) is 17.5 Å². The molecule has 11 aromatic rings. The van der Waals surface area contributed by atoms with Crippen molar-refractivity contribution in [2.75, 3.05) is 0 Å². The molecule has 0 amide bonds. The normalized spacial score (nSPS) is 11.9. The van der Waals surface area contributed by atoms with E-state index in [1.165, 1.54) is 0 Å². The van der Waals surface area contributed by atoms with Gasteiger partial charge in [-0.25, -0.2) is 15.0 Å². The molecule has 4 heterocycles. The molecule has 7 aromatic carbocycles. The molecule has 6 heteroatoms. The van der Waals surface area contributed by atoms with E-state index < -0.39 is 0 Å². The van der Waals surface area contributed by atoms with Gasteiger partial charge in [-0.05, 0) is 47.5 Å². The van der Waals surface area contributed by atoms with E-state index in [2.05, 4.69) is 42.5 Å². The number of para-hydroxylation sites is 1. The second-order valence-corrected chi connectivity index (χ2v) is 12.8. The highest BCUT2D eigenvalue weighted by molar-refractivity contribution is 6.19. The molecular formula is C45H25N3O3. The van der Waals surface area contributed by atoms with Crippen molar-refractivity contribution in [2.24, 2.45) is 0 Å². The lowest BCUT2D eigenvalue weighted by Crippen LogP contribution is -2.00. The van der Waals surface area contributed by atoms with Crippen molar-refractivity contribution in [3.05, 3.63) is 152 Å². The highest BCUT2D eigenvalue weighted by Crippen LogP contribution is 2.43. The maximum absolute atomic E-state index is 6.58. The average Bonchev–Trinajstić information content (AvgIpc) is 3.87. The smallest absolute Gasteiger partial charge is 0.164 e. The molecule has 0 fully saturated rings. The number of hydrogen-bond donors (Lipinski definition) is 0. The first-order chi connectivity index (χ1) is 25.2. The summed E-state index contributed by atoms with van der Waals surface area (Å²) in [6.07, 6.45) is 0. The molecular weight excluding hydrogens is 631 g/mol. The maximum Gasteiger partial charge on any atom is 0.164 e. The molecule has 11 rings (SSSR count). The minimum atomic E-state index is 0.591. The molecule has 0 aliphatic carbocycles. The largest absolute Gasteiger partial charge is 0.456 e. The Morgan fingerprint density at radius 3 is 1.57 bits per heavy atom. The van der Waals surface area contributed by atoms with E-state index in [1.807, 2.05) is 109 Å². The van der Waals surface area contributed by atoms with E-state index in [-0.39, 0.29) is 0 Å². The van der Waals surface area contributed by atoms with Gasteiger partial charge in [-0.1, -0.05) is 109 Å². The number of hydrogen-bond acceptors (Lipinski definition) is 6. The predicted molar refractivity (Wildman–Crippen MR) is 203 cm³/mol. The van der Waals surface area contributed by atoms with Crippen LogP contribution in [0.4, 0.5) is 0 Å². The molecule has 0 N–H and O–H groups in total. The van der Waals surface area contributed by atoms with Crippen molar-refractivity contribution in [3.63, 3.8) is 0 Å². The minimum Gasteiger partial charge on any atom is -0.456 e. The van der Waals surface area contributed by atoms with E-state index in [0.717, 1.165) is 93.6 Å². The summed E-state index contributed by atoms with van der Waals surface area (Å²) in [7, 11) is 0. The zero-order chi connectivity index (χ0) is 33.5. The first-order valence-corrected chi connectivity index (χ1v) is 16.8. The Balaban J connectivity index is 1.10. The molecule has 0 bridgehead atoms. The van der Waals surface area contributed by atoms with Crippen LogP contribution in [-0.2, 0) is 0 Å². The van der Waals surface area contributed by atoms with Crippen LogP contribution in [0.3, 0.4) is 0 Å². The molecule has 0 atom stereocenters. The van der Waals surface area contributed by atoms with Crippen molar-refractivity contribution in [2.45, 2.75) is 0 Å². The Morgan fingerprint density at radius 1 is 0.294 bits per heavy atom. The van der Waals surface area contributed by atoms with Gasteiger partial charge in [0.25, 0.3) is 0 Å². The third-order valence-corrected chi connectivity index (χ3v) is 9.74. The fraction of sp³-hybridized carbons (Fsp3) is 0. The molecule has 0 saturated carbocycles. The Kier molecular flexibility index (Phi) is 5.86. The predicted octanol–water partition coefficient (Wildman–Crippen LogP) is 12.2. The molecule has 0 spiro atoms. The Bertz CT molecular complexity index is 3080. The van der Waals surface area contributed by atoms with Crippen LogP contribution in [0, 0.1) is 0 Å². The second-order valence-electron chi connectivity index (χ2n) is 12.8. The van der Waals surface area contributed by atoms with Crippen LogP contribution in [0.5, 0.6) is 0 Å². The quantitative estimate of drug-likeness (QED) is 0.188. The van der Waals surface area contributed by atoms with E-state index in [1.54, 1.807) is 0 Å². The summed E-state index contributed by atoms with van der Waals surface area (Å²) < 4.78 is 19.1. The standard InChI is InChI=1S/C45H25N3O3/c1-3-11-26(12-4-1)43-46-44(27-13-5-2-6-14-27)48-45(47-43)32-17-10-20-37-42(32)31-22-21-28(23-38(31)50-37)29-16-9-19-36-41(29)34-24-33-30-15-7-8-18-35(30)49-39(33)25-40(34)51-36/h1-25H. The topological polar surface area (TPSA) is 78.1 Å². The van der Waals surface area contributed by atoms with Crippen molar-refractivity contribution in [3.8, 4) is 45.3 Å². The lowest BCUT2D eigenvalue weighted by molar-refractivity contribution is 0.656. The zero-order valence-corrected chi connectivity index (χ0v) is 27.0. The first kappa shape index (κ1) is 27.9. The zero-order valence-electron chi connectivity index (χ0n) is 27.0. The third kappa shape index (κ3) is 4.33. The van der Waals surface area contributed by atoms with E-state index in [4.69, 9.17) is 28.2 Å². The second kappa shape index (κ2) is 10.7. The van der Waals surface area contributed by atoms with Crippen LogP contribution in [0.15, 0.2) is 165 Å². The minimum absolute atomic E-state index is 0.591. The maximum atomic E-state index is 6.58. The molecule has 0 radical (unpaired) electrons. The van der Waals surface area contributed by atoms with Gasteiger partial charge in [0, 0.05) is 55.1 Å². The molecule has 0 aliphatic heterocycles. The van der Waals surface area contributed by atoms with Crippen molar-refractivity contribution in [1.29, 1.82) is 0 Å². The SMILES string of the molecule is c1ccc(-c2nc(-c3ccccc3)nc(-c3cccc4oc5cc(-c6cccc7oc8cc9oc%10ccccc%10c9cc8c67)ccc5c34)n2)cc1. The number of fused-ring (bicyclic) bond motifs is 9. The number of furan rings is 3. The lowest BCUT2D eigenvalue weighted by Gasteiger charge is -2.09. The lowest BCUT2D eigenvalue weighted by atomic mass is 9.97. The van der Waals surface area contributed by atoms with E-state index in [9.17, 15) is 0 Å². The molecule has 0 aliphatic rings. The monoisotopic (exact) mass is 655 g/mol. The van der Waals surface area contributed by atoms with Crippen molar-refractivity contribution < 1.29 is 13.3 Å². The van der Waals surface area contributed by atoms with Gasteiger partial charge < -0.3 is 13.3 Å². The third-order valence-electron chi connectivity index (χ3n) is 9.74. The Hall–Kier alpha value is -7.05. The highest BCUT2D eigenvalue weighted by Gasteiger charge is 2.20. The molecule has 238 valence electrons. The number of benzene rings is 7. The summed E-state index contributed by atoms with van der Waals surface area (Å²) in [6.45, 7) is 0. The van der Waals surface area contributed by atoms with Gasteiger partial charge in [-0.3, -0.25) is 0 Å². The fourth-order valence-corrected chi connectivity index (χ4v) is 7.39. The van der Waals surface area contributed by atoms with Crippen molar-refractivity contribution >= 4 is 65.8 Å². The first-order valence-electron chi connectivity index (χ1n) is 16.8. The average molecular weight is 656 g/mol. The van der Waals surface area contributed by atoms with Crippen LogP contribution in [-0.4, -0.2) is 15.0 Å². The summed E-state index contributed by atoms with van der Waals surface area (Å²) in [5.41, 5.74) is 9.68. The van der Waals surface area contributed by atoms with Crippen LogP contribution >= 0.6 is 0 Å². The molecule has 6 nitrogen and oxygen atoms in total. The van der Waals surface area contributed by atoms with E-state index >= 15 is 0 Å². The van der Waals surface area contributed by atoms with Crippen LogP contribution in [0.25, 0.3) is 111 Å². The van der Waals surface area contributed by atoms with Gasteiger partial charge in [-0.15, -0.1) is 0 Å². The van der Waals surface area contributed by atoms with Gasteiger partial charge in [0.05, 0.1) is 0 Å². The summed E-state index contributed by atoms with van der Waals surface area (Å²) in [5.74, 6) is 1.83. The number of aromatic nitrogens is 3. The summed E-state index contributed by atoms with van der Waals surface area (Å²) >= 11 is 0. The molecule has 0 unspecified atom stereocenters. The van der Waals surface area contributed by atoms with Crippen LogP contribution in [0.2, 0.25) is 0 Å². The number of nitrogens with zero attached hydrogens (tertiary/aromatic N) is 3. The van der Waals surface area contributed by atoms with Crippen LogP contribution < -0.4 is 0 Å². The van der Waals surface area contributed by atoms with Gasteiger partial charge in [-0.2, -0.15) is 0 Å².